The van der Waals surface area contributed by atoms with Gasteiger partial charge in [-0.2, -0.15) is 0 Å². The summed E-state index contributed by atoms with van der Waals surface area (Å²) in [7, 11) is 2.26. The zero-order valence-electron chi connectivity index (χ0n) is 14.1. The quantitative estimate of drug-likeness (QED) is 0.611. The molecule has 1 unspecified atom stereocenters. The lowest BCUT2D eigenvalue weighted by Gasteiger charge is -2.20. The van der Waals surface area contributed by atoms with Gasteiger partial charge in [-0.3, -0.25) is 0 Å². The van der Waals surface area contributed by atoms with Crippen LogP contribution >= 0.6 is 9.47 Å². The molecule has 24 heavy (non-hydrogen) atoms. The first-order valence-electron chi connectivity index (χ1n) is 7.90. The molecule has 0 heterocycles. The molecule has 0 saturated heterocycles. The molecule has 2 nitrogen and oxygen atoms in total. The Bertz CT molecular complexity index is 869. The summed E-state index contributed by atoms with van der Waals surface area (Å²) in [6.45, 7) is 6.01. The Kier molecular flexibility index (Phi) is 4.59. The lowest BCUT2D eigenvalue weighted by Crippen LogP contribution is -1.97. The predicted molar refractivity (Wildman–Crippen MR) is 104 cm³/mol. The maximum Gasteiger partial charge on any atom is 0.122 e. The minimum atomic E-state index is 0.375. The first-order chi connectivity index (χ1) is 11.5. The largest absolute Gasteiger partial charge is 0.507 e. The van der Waals surface area contributed by atoms with E-state index >= 15 is 0 Å². The molecule has 0 aromatic heterocycles. The lowest BCUT2D eigenvalue weighted by atomic mass is 9.85. The van der Waals surface area contributed by atoms with Gasteiger partial charge in [0.1, 0.15) is 11.5 Å². The van der Waals surface area contributed by atoms with Gasteiger partial charge in [0.05, 0.1) is 9.47 Å². The monoisotopic (exact) mass is 336 g/mol. The van der Waals surface area contributed by atoms with Gasteiger partial charge in [0, 0.05) is 0 Å². The van der Waals surface area contributed by atoms with Crippen LogP contribution in [0.4, 0.5) is 0 Å². The molecule has 3 rings (SSSR count). The van der Waals surface area contributed by atoms with Crippen molar-refractivity contribution in [2.45, 2.75) is 20.8 Å². The molecule has 3 aromatic rings. The van der Waals surface area contributed by atoms with Gasteiger partial charge in [-0.1, -0.05) is 42.5 Å². The number of hydrogen-bond acceptors (Lipinski definition) is 2. The van der Waals surface area contributed by atoms with Crippen LogP contribution in [0.25, 0.3) is 22.3 Å². The zero-order chi connectivity index (χ0) is 17.3. The Morgan fingerprint density at radius 3 is 1.83 bits per heavy atom. The SMILES string of the molecule is Cc1c(C)c(-c2ccc(OP)cc2)c(-c2ccccc2)c(C)c1O. The molecule has 122 valence electrons. The van der Waals surface area contributed by atoms with Crippen LogP contribution in [0.15, 0.2) is 54.6 Å². The highest BCUT2D eigenvalue weighted by atomic mass is 31.0. The highest BCUT2D eigenvalue weighted by molar-refractivity contribution is 7.10. The molecule has 1 atom stereocenters. The summed E-state index contributed by atoms with van der Waals surface area (Å²) in [5, 5.41) is 10.6. The van der Waals surface area contributed by atoms with Crippen LogP contribution in [-0.2, 0) is 0 Å². The molecule has 3 aromatic carbocycles. The minimum absolute atomic E-state index is 0.375. The second kappa shape index (κ2) is 6.67. The normalized spacial score (nSPS) is 10.7. The first-order valence-corrected chi connectivity index (χ1v) is 8.37. The summed E-state index contributed by atoms with van der Waals surface area (Å²) >= 11 is 0. The van der Waals surface area contributed by atoms with Crippen LogP contribution in [0.5, 0.6) is 11.5 Å². The maximum absolute atomic E-state index is 10.6. The smallest absolute Gasteiger partial charge is 0.122 e. The van der Waals surface area contributed by atoms with E-state index in [9.17, 15) is 5.11 Å². The number of benzene rings is 3. The highest BCUT2D eigenvalue weighted by Gasteiger charge is 2.19. The van der Waals surface area contributed by atoms with Crippen molar-refractivity contribution in [2.24, 2.45) is 0 Å². The molecule has 3 heteroatoms. The van der Waals surface area contributed by atoms with Crippen molar-refractivity contribution in [3.05, 3.63) is 71.3 Å². The van der Waals surface area contributed by atoms with Crippen molar-refractivity contribution in [3.63, 3.8) is 0 Å². The molecule has 0 amide bonds. The summed E-state index contributed by atoms with van der Waals surface area (Å²) in [6, 6.07) is 18.2. The van der Waals surface area contributed by atoms with Gasteiger partial charge < -0.3 is 9.63 Å². The van der Waals surface area contributed by atoms with Crippen LogP contribution in [0.1, 0.15) is 16.7 Å². The van der Waals surface area contributed by atoms with E-state index in [2.05, 4.69) is 40.7 Å². The number of phenols is 1. The standard InChI is InChI=1S/C21H21O2P/c1-13-14(2)21(22)15(3)20(16-7-5-4-6-8-16)19(13)17-9-11-18(23-24)12-10-17/h4-12,22H,24H2,1-3H3. The Labute approximate surface area is 145 Å². The van der Waals surface area contributed by atoms with Gasteiger partial charge in [0.15, 0.2) is 0 Å². The van der Waals surface area contributed by atoms with Crippen molar-refractivity contribution >= 4 is 9.47 Å². The van der Waals surface area contributed by atoms with Gasteiger partial charge in [-0.05, 0) is 71.8 Å². The summed E-state index contributed by atoms with van der Waals surface area (Å²) < 4.78 is 5.19. The van der Waals surface area contributed by atoms with Gasteiger partial charge in [0.2, 0.25) is 0 Å². The third-order valence-electron chi connectivity index (χ3n) is 4.61. The molecule has 0 radical (unpaired) electrons. The van der Waals surface area contributed by atoms with Crippen molar-refractivity contribution in [1.29, 1.82) is 0 Å². The third-order valence-corrected chi connectivity index (χ3v) is 4.89. The molecule has 0 aliphatic rings. The lowest BCUT2D eigenvalue weighted by molar-refractivity contribution is 0.467. The third kappa shape index (κ3) is 2.79. The zero-order valence-corrected chi connectivity index (χ0v) is 15.3. The summed E-state index contributed by atoms with van der Waals surface area (Å²) in [5.74, 6) is 1.18. The molecule has 0 aliphatic carbocycles. The van der Waals surface area contributed by atoms with Crippen LogP contribution in [0.2, 0.25) is 0 Å². The van der Waals surface area contributed by atoms with Crippen LogP contribution in [0.3, 0.4) is 0 Å². The number of phenolic OH excluding ortho intramolecular Hbond substituents is 1. The Morgan fingerprint density at radius 1 is 0.708 bits per heavy atom. The van der Waals surface area contributed by atoms with E-state index < -0.39 is 0 Å². The highest BCUT2D eigenvalue weighted by Crippen LogP contribution is 2.43. The molecule has 0 fully saturated rings. The molecule has 1 N–H and O–H groups in total. The van der Waals surface area contributed by atoms with Crippen molar-refractivity contribution in [1.82, 2.24) is 0 Å². The van der Waals surface area contributed by atoms with E-state index in [0.717, 1.165) is 44.7 Å². The Balaban J connectivity index is 2.34. The fourth-order valence-corrected chi connectivity index (χ4v) is 3.32. The maximum atomic E-state index is 10.6. The molecular formula is C21H21O2P. The second-order valence-electron chi connectivity index (χ2n) is 5.98. The van der Waals surface area contributed by atoms with Gasteiger partial charge in [-0.15, -0.1) is 0 Å². The van der Waals surface area contributed by atoms with E-state index in [4.69, 9.17) is 4.52 Å². The molecular weight excluding hydrogens is 315 g/mol. The van der Waals surface area contributed by atoms with E-state index in [0.29, 0.717) is 5.75 Å². The Hall–Kier alpha value is -2.31. The number of hydrogen-bond donors (Lipinski definition) is 1. The summed E-state index contributed by atoms with van der Waals surface area (Å²) in [6.07, 6.45) is 0. The predicted octanol–water partition coefficient (Wildman–Crippen LogP) is 5.82. The first kappa shape index (κ1) is 16.5. The topological polar surface area (TPSA) is 29.5 Å². The fourth-order valence-electron chi connectivity index (χ4n) is 3.17. The van der Waals surface area contributed by atoms with E-state index in [1.165, 1.54) is 0 Å². The van der Waals surface area contributed by atoms with Crippen LogP contribution < -0.4 is 4.52 Å². The van der Waals surface area contributed by atoms with Gasteiger partial charge in [0.25, 0.3) is 0 Å². The molecule has 0 spiro atoms. The molecule has 0 saturated carbocycles. The van der Waals surface area contributed by atoms with E-state index in [1.54, 1.807) is 0 Å². The summed E-state index contributed by atoms with van der Waals surface area (Å²) in [4.78, 5) is 0. The fraction of sp³-hybridized carbons (Fsp3) is 0.143. The van der Waals surface area contributed by atoms with E-state index in [1.807, 2.05) is 44.2 Å². The van der Waals surface area contributed by atoms with Crippen molar-refractivity contribution in [2.75, 3.05) is 0 Å². The van der Waals surface area contributed by atoms with Crippen molar-refractivity contribution < 1.29 is 9.63 Å². The average Bonchev–Trinajstić information content (AvgIpc) is 2.63. The molecule has 0 bridgehead atoms. The Morgan fingerprint density at radius 2 is 1.25 bits per heavy atom. The van der Waals surface area contributed by atoms with Crippen LogP contribution in [-0.4, -0.2) is 5.11 Å². The van der Waals surface area contributed by atoms with E-state index in [-0.39, 0.29) is 0 Å². The summed E-state index contributed by atoms with van der Waals surface area (Å²) in [5.41, 5.74) is 7.38. The van der Waals surface area contributed by atoms with Gasteiger partial charge in [-0.25, -0.2) is 0 Å². The average molecular weight is 336 g/mol. The minimum Gasteiger partial charge on any atom is -0.507 e. The number of rotatable bonds is 3. The second-order valence-corrected chi connectivity index (χ2v) is 6.22. The van der Waals surface area contributed by atoms with Crippen molar-refractivity contribution in [3.8, 4) is 33.8 Å². The number of aromatic hydroxyl groups is 1. The van der Waals surface area contributed by atoms with Gasteiger partial charge >= 0.3 is 0 Å². The molecule has 0 aliphatic heterocycles. The van der Waals surface area contributed by atoms with Crippen LogP contribution in [0, 0.1) is 20.8 Å².